The molecule has 18 heavy (non-hydrogen) atoms. The Balaban J connectivity index is 2.25. The van der Waals surface area contributed by atoms with E-state index < -0.39 is 0 Å². The molecular weight excluding hydrogens is 226 g/mol. The smallest absolute Gasteiger partial charge is 0.118 e. The van der Waals surface area contributed by atoms with Crippen LogP contribution in [0.15, 0.2) is 18.2 Å². The molecule has 1 N–H and O–H groups in total. The van der Waals surface area contributed by atoms with Gasteiger partial charge in [-0.1, -0.05) is 12.1 Å². The fourth-order valence-electron chi connectivity index (χ4n) is 2.90. The third-order valence-corrected chi connectivity index (χ3v) is 3.82. The predicted octanol–water partition coefficient (Wildman–Crippen LogP) is 2.38. The molecule has 0 bridgehead atoms. The van der Waals surface area contributed by atoms with Crippen LogP contribution in [0.1, 0.15) is 23.5 Å². The summed E-state index contributed by atoms with van der Waals surface area (Å²) < 4.78 is 5.62. The van der Waals surface area contributed by atoms with Gasteiger partial charge in [-0.2, -0.15) is 0 Å². The molecule has 1 aliphatic rings. The second-order valence-electron chi connectivity index (χ2n) is 5.48. The molecule has 0 unspecified atom stereocenters. The quantitative estimate of drug-likeness (QED) is 0.892. The van der Waals surface area contributed by atoms with Crippen LogP contribution in [0.2, 0.25) is 0 Å². The number of phenolic OH excluding ortho intramolecular Hbond substituents is 1. The summed E-state index contributed by atoms with van der Waals surface area (Å²) in [6.07, 6.45) is 1.04. The molecule has 2 rings (SSSR count). The highest BCUT2D eigenvalue weighted by atomic mass is 16.5. The van der Waals surface area contributed by atoms with Gasteiger partial charge in [0.25, 0.3) is 0 Å². The predicted molar refractivity (Wildman–Crippen MR) is 73.1 cm³/mol. The number of ether oxygens (including phenoxy) is 1. The number of nitrogens with zero attached hydrogens (tertiary/aromatic N) is 1. The summed E-state index contributed by atoms with van der Waals surface area (Å²) in [5.74, 6) is 1.41. The lowest BCUT2D eigenvalue weighted by atomic mass is 9.80. The van der Waals surface area contributed by atoms with Crippen LogP contribution < -0.4 is 0 Å². The number of rotatable bonds is 3. The van der Waals surface area contributed by atoms with Crippen molar-refractivity contribution in [1.82, 2.24) is 4.90 Å². The summed E-state index contributed by atoms with van der Waals surface area (Å²) >= 11 is 0. The number of benzene rings is 1. The van der Waals surface area contributed by atoms with Crippen molar-refractivity contribution in [2.45, 2.75) is 19.3 Å². The molecule has 0 amide bonds. The van der Waals surface area contributed by atoms with Gasteiger partial charge in [-0.25, -0.2) is 0 Å². The largest absolute Gasteiger partial charge is 0.508 e. The van der Waals surface area contributed by atoms with E-state index in [1.807, 2.05) is 13.0 Å². The average Bonchev–Trinajstić information content (AvgIpc) is 2.33. The van der Waals surface area contributed by atoms with E-state index in [-0.39, 0.29) is 0 Å². The molecule has 1 saturated heterocycles. The van der Waals surface area contributed by atoms with E-state index in [0.717, 1.165) is 31.7 Å². The molecule has 3 heteroatoms. The maximum absolute atomic E-state index is 9.86. The lowest BCUT2D eigenvalue weighted by Crippen LogP contribution is -2.34. The van der Waals surface area contributed by atoms with Crippen LogP contribution in [0, 0.1) is 12.8 Å². The van der Waals surface area contributed by atoms with Gasteiger partial charge in [0, 0.05) is 19.1 Å². The topological polar surface area (TPSA) is 32.7 Å². The highest BCUT2D eigenvalue weighted by Crippen LogP contribution is 2.36. The Morgan fingerprint density at radius 1 is 1.39 bits per heavy atom. The number of hydrogen-bond donors (Lipinski definition) is 1. The van der Waals surface area contributed by atoms with Gasteiger partial charge in [0.1, 0.15) is 5.75 Å². The fraction of sp³-hybridized carbons (Fsp3) is 0.600. The summed E-state index contributed by atoms with van der Waals surface area (Å²) in [6.45, 7) is 4.67. The molecule has 0 radical (unpaired) electrons. The number of aromatic hydroxyl groups is 1. The van der Waals surface area contributed by atoms with E-state index in [0.29, 0.717) is 17.6 Å². The first-order valence-corrected chi connectivity index (χ1v) is 6.60. The minimum Gasteiger partial charge on any atom is -0.508 e. The minimum absolute atomic E-state index is 0.405. The van der Waals surface area contributed by atoms with Gasteiger partial charge in [-0.3, -0.25) is 0 Å². The molecule has 3 nitrogen and oxygen atoms in total. The van der Waals surface area contributed by atoms with Gasteiger partial charge >= 0.3 is 0 Å². The monoisotopic (exact) mass is 249 g/mol. The van der Waals surface area contributed by atoms with Crippen LogP contribution in [0.5, 0.6) is 5.75 Å². The van der Waals surface area contributed by atoms with E-state index in [2.05, 4.69) is 25.1 Å². The van der Waals surface area contributed by atoms with E-state index in [4.69, 9.17) is 4.74 Å². The van der Waals surface area contributed by atoms with Crippen molar-refractivity contribution in [3.8, 4) is 5.75 Å². The van der Waals surface area contributed by atoms with Gasteiger partial charge in [-0.15, -0.1) is 0 Å². The lowest BCUT2D eigenvalue weighted by molar-refractivity contribution is 0.0301. The molecule has 1 fully saturated rings. The maximum Gasteiger partial charge on any atom is 0.118 e. The zero-order valence-electron chi connectivity index (χ0n) is 11.5. The van der Waals surface area contributed by atoms with Crippen molar-refractivity contribution in [2.24, 2.45) is 5.92 Å². The Kier molecular flexibility index (Phi) is 4.25. The normalized spacial score (nSPS) is 24.4. The maximum atomic E-state index is 9.86. The molecule has 0 aliphatic carbocycles. The van der Waals surface area contributed by atoms with Crippen molar-refractivity contribution < 1.29 is 9.84 Å². The molecule has 0 saturated carbocycles. The Morgan fingerprint density at radius 2 is 2.17 bits per heavy atom. The van der Waals surface area contributed by atoms with Crippen molar-refractivity contribution in [3.63, 3.8) is 0 Å². The van der Waals surface area contributed by atoms with Gasteiger partial charge < -0.3 is 14.7 Å². The molecule has 1 aromatic carbocycles. The molecule has 1 heterocycles. The van der Waals surface area contributed by atoms with E-state index in [1.165, 1.54) is 5.56 Å². The Bertz CT molecular complexity index is 403. The summed E-state index contributed by atoms with van der Waals surface area (Å²) in [7, 11) is 4.20. The minimum atomic E-state index is 0.405. The average molecular weight is 249 g/mol. The standard InChI is InChI=1S/C15H23NO2/c1-11-13(5-4-6-15(11)17)14-7-8-18-10-12(14)9-16(2)3/h4-6,12,14,17H,7-10H2,1-3H3/t12-,14-/m1/s1. The third-order valence-electron chi connectivity index (χ3n) is 3.82. The van der Waals surface area contributed by atoms with Crippen LogP contribution in [-0.2, 0) is 4.74 Å². The highest BCUT2D eigenvalue weighted by molar-refractivity contribution is 5.40. The van der Waals surface area contributed by atoms with E-state index in [1.54, 1.807) is 6.07 Å². The van der Waals surface area contributed by atoms with Crippen LogP contribution in [0.25, 0.3) is 0 Å². The Hall–Kier alpha value is -1.06. The fourth-order valence-corrected chi connectivity index (χ4v) is 2.90. The van der Waals surface area contributed by atoms with Crippen LogP contribution in [0.4, 0.5) is 0 Å². The van der Waals surface area contributed by atoms with E-state index in [9.17, 15) is 5.11 Å². The Morgan fingerprint density at radius 3 is 2.89 bits per heavy atom. The first kappa shape index (κ1) is 13.4. The summed E-state index contributed by atoms with van der Waals surface area (Å²) in [5, 5.41) is 9.86. The molecule has 1 aliphatic heterocycles. The van der Waals surface area contributed by atoms with Crippen molar-refractivity contribution in [3.05, 3.63) is 29.3 Å². The van der Waals surface area contributed by atoms with Gasteiger partial charge in [0.15, 0.2) is 0 Å². The SMILES string of the molecule is Cc1c(O)cccc1[C@@H]1CCOC[C@H]1CN(C)C. The molecule has 1 aromatic rings. The summed E-state index contributed by atoms with van der Waals surface area (Å²) in [5.41, 5.74) is 2.30. The first-order chi connectivity index (χ1) is 8.59. The second kappa shape index (κ2) is 5.72. The summed E-state index contributed by atoms with van der Waals surface area (Å²) in [4.78, 5) is 2.21. The zero-order chi connectivity index (χ0) is 13.1. The van der Waals surface area contributed by atoms with Crippen LogP contribution in [0.3, 0.4) is 0 Å². The molecule has 2 atom stereocenters. The number of phenols is 1. The third kappa shape index (κ3) is 2.85. The van der Waals surface area contributed by atoms with Gasteiger partial charge in [0.2, 0.25) is 0 Å². The Labute approximate surface area is 109 Å². The van der Waals surface area contributed by atoms with Crippen LogP contribution >= 0.6 is 0 Å². The second-order valence-corrected chi connectivity index (χ2v) is 5.48. The van der Waals surface area contributed by atoms with Crippen molar-refractivity contribution in [1.29, 1.82) is 0 Å². The highest BCUT2D eigenvalue weighted by Gasteiger charge is 2.28. The van der Waals surface area contributed by atoms with Crippen molar-refractivity contribution >= 4 is 0 Å². The zero-order valence-corrected chi connectivity index (χ0v) is 11.5. The van der Waals surface area contributed by atoms with Gasteiger partial charge in [0.05, 0.1) is 6.61 Å². The molecular formula is C15H23NO2. The van der Waals surface area contributed by atoms with Gasteiger partial charge in [-0.05, 0) is 50.6 Å². The molecule has 0 spiro atoms. The van der Waals surface area contributed by atoms with Crippen molar-refractivity contribution in [2.75, 3.05) is 33.9 Å². The molecule has 0 aromatic heterocycles. The summed E-state index contributed by atoms with van der Waals surface area (Å²) in [6, 6.07) is 5.85. The van der Waals surface area contributed by atoms with Crippen LogP contribution in [-0.4, -0.2) is 43.9 Å². The molecule has 100 valence electrons. The lowest BCUT2D eigenvalue weighted by Gasteiger charge is -2.34. The first-order valence-electron chi connectivity index (χ1n) is 6.60. The number of hydrogen-bond acceptors (Lipinski definition) is 3. The van der Waals surface area contributed by atoms with E-state index >= 15 is 0 Å².